The summed E-state index contributed by atoms with van der Waals surface area (Å²) in [7, 11) is 0. The summed E-state index contributed by atoms with van der Waals surface area (Å²) in [4.78, 5) is 30.4. The SMILES string of the molecule is CC[C@@]1(O)C(=O)OCc2c1cc1n(c2=O)Cc2c-1nc1ccc(N)c3c1c2CCO3. The number of hydrogen-bond acceptors (Lipinski definition) is 7. The van der Waals surface area contributed by atoms with Crippen LogP contribution < -0.4 is 16.0 Å². The number of nitrogens with two attached hydrogens (primary N) is 1. The van der Waals surface area contributed by atoms with Crippen molar-refractivity contribution >= 4 is 22.6 Å². The number of pyridine rings is 2. The number of rotatable bonds is 1. The highest BCUT2D eigenvalue weighted by Gasteiger charge is 2.45. The van der Waals surface area contributed by atoms with E-state index in [0.29, 0.717) is 53.5 Å². The minimum absolute atomic E-state index is 0.116. The van der Waals surface area contributed by atoms with E-state index in [9.17, 15) is 14.7 Å². The van der Waals surface area contributed by atoms with Crippen LogP contribution >= 0.6 is 0 Å². The molecule has 3 aromatic rings. The lowest BCUT2D eigenvalue weighted by molar-refractivity contribution is -0.172. The number of aliphatic hydroxyl groups is 1. The first-order valence-electron chi connectivity index (χ1n) is 9.98. The molecule has 0 saturated heterocycles. The second-order valence-corrected chi connectivity index (χ2v) is 8.00. The van der Waals surface area contributed by atoms with Gasteiger partial charge in [0.2, 0.25) is 0 Å². The van der Waals surface area contributed by atoms with Gasteiger partial charge in [-0.25, -0.2) is 9.78 Å². The van der Waals surface area contributed by atoms with Crippen molar-refractivity contribution < 1.29 is 19.4 Å². The largest absolute Gasteiger partial charge is 0.490 e. The highest BCUT2D eigenvalue weighted by Crippen LogP contribution is 2.44. The molecule has 0 fully saturated rings. The number of fused-ring (bicyclic) bond motifs is 5. The molecule has 0 saturated carbocycles. The normalized spacial score (nSPS) is 20.9. The number of carbonyl (C=O) groups is 1. The molecule has 152 valence electrons. The van der Waals surface area contributed by atoms with Crippen LogP contribution in [-0.4, -0.2) is 27.2 Å². The third-order valence-electron chi connectivity index (χ3n) is 6.55. The van der Waals surface area contributed by atoms with Gasteiger partial charge in [-0.2, -0.15) is 0 Å². The van der Waals surface area contributed by atoms with E-state index in [2.05, 4.69) is 0 Å². The minimum atomic E-state index is -1.83. The van der Waals surface area contributed by atoms with Gasteiger partial charge in [-0.05, 0) is 30.2 Å². The predicted molar refractivity (Wildman–Crippen MR) is 108 cm³/mol. The van der Waals surface area contributed by atoms with Gasteiger partial charge in [-0.3, -0.25) is 4.79 Å². The summed E-state index contributed by atoms with van der Waals surface area (Å²) in [6.07, 6.45) is 0.811. The number of anilines is 1. The molecule has 3 aliphatic heterocycles. The van der Waals surface area contributed by atoms with Gasteiger partial charge in [-0.1, -0.05) is 6.92 Å². The first kappa shape index (κ1) is 17.5. The zero-order valence-corrected chi connectivity index (χ0v) is 16.3. The van der Waals surface area contributed by atoms with E-state index in [1.54, 1.807) is 23.6 Å². The molecule has 0 spiro atoms. The van der Waals surface area contributed by atoms with Crippen molar-refractivity contribution in [3.63, 3.8) is 0 Å². The first-order valence-corrected chi connectivity index (χ1v) is 9.98. The van der Waals surface area contributed by atoms with Gasteiger partial charge in [-0.15, -0.1) is 0 Å². The number of aromatic nitrogens is 2. The van der Waals surface area contributed by atoms with Gasteiger partial charge in [0.05, 0.1) is 41.3 Å². The van der Waals surface area contributed by atoms with Crippen molar-refractivity contribution in [2.24, 2.45) is 0 Å². The number of esters is 1. The summed E-state index contributed by atoms with van der Waals surface area (Å²) in [5, 5.41) is 11.9. The number of carbonyl (C=O) groups excluding carboxylic acids is 1. The standard InChI is InChI=1S/C22H19N3O5/c1-2-22(28)13-7-16-18-11(8-25(16)20(26)12(13)9-30-21(22)27)10-5-6-29-19-14(23)3-4-15(24-18)17(10)19/h3-4,7,28H,2,5-6,8-9,23H2,1H3/t22-/m0/s1. The van der Waals surface area contributed by atoms with E-state index in [-0.39, 0.29) is 18.6 Å². The van der Waals surface area contributed by atoms with E-state index in [4.69, 9.17) is 20.2 Å². The Morgan fingerprint density at radius 2 is 2.07 bits per heavy atom. The zero-order valence-electron chi connectivity index (χ0n) is 16.3. The summed E-state index contributed by atoms with van der Waals surface area (Å²) >= 11 is 0. The van der Waals surface area contributed by atoms with E-state index in [1.807, 2.05) is 6.07 Å². The topological polar surface area (TPSA) is 117 Å². The molecular formula is C22H19N3O5. The molecule has 0 aliphatic carbocycles. The summed E-state index contributed by atoms with van der Waals surface area (Å²) in [6, 6.07) is 5.36. The van der Waals surface area contributed by atoms with Gasteiger partial charge in [0.15, 0.2) is 11.4 Å². The van der Waals surface area contributed by atoms with Crippen molar-refractivity contribution in [2.45, 2.75) is 38.5 Å². The van der Waals surface area contributed by atoms with E-state index in [1.165, 1.54) is 0 Å². The molecule has 8 heteroatoms. The Hall–Kier alpha value is -3.39. The lowest BCUT2D eigenvalue weighted by Crippen LogP contribution is -2.44. The molecule has 0 bridgehead atoms. The van der Waals surface area contributed by atoms with Crippen molar-refractivity contribution in [1.82, 2.24) is 9.55 Å². The molecule has 1 atom stereocenters. The number of benzene rings is 1. The van der Waals surface area contributed by atoms with Crippen molar-refractivity contribution in [3.05, 3.63) is 50.8 Å². The Labute approximate surface area is 170 Å². The first-order chi connectivity index (χ1) is 14.4. The van der Waals surface area contributed by atoms with Gasteiger partial charge in [0.25, 0.3) is 5.56 Å². The summed E-state index contributed by atoms with van der Waals surface area (Å²) in [5.74, 6) is -0.0788. The van der Waals surface area contributed by atoms with Gasteiger partial charge < -0.3 is 24.9 Å². The average Bonchev–Trinajstić information content (AvgIpc) is 3.13. The quantitative estimate of drug-likeness (QED) is 0.365. The zero-order chi connectivity index (χ0) is 20.8. The van der Waals surface area contributed by atoms with Gasteiger partial charge in [0, 0.05) is 22.9 Å². The molecular weight excluding hydrogens is 386 g/mol. The molecule has 6 rings (SSSR count). The third kappa shape index (κ3) is 1.96. The van der Waals surface area contributed by atoms with Gasteiger partial charge in [0.1, 0.15) is 6.61 Å². The Balaban J connectivity index is 1.68. The molecule has 8 nitrogen and oxygen atoms in total. The predicted octanol–water partition coefficient (Wildman–Crippen LogP) is 1.60. The van der Waals surface area contributed by atoms with Crippen molar-refractivity contribution in [2.75, 3.05) is 12.3 Å². The maximum atomic E-state index is 13.3. The summed E-state index contributed by atoms with van der Waals surface area (Å²) in [5.41, 5.74) is 9.34. The number of nitrogen functional groups attached to an aromatic ring is 1. The Kier molecular flexibility index (Phi) is 3.26. The number of hydrogen-bond donors (Lipinski definition) is 2. The number of cyclic esters (lactones) is 1. The van der Waals surface area contributed by atoms with E-state index in [0.717, 1.165) is 22.0 Å². The van der Waals surface area contributed by atoms with Crippen LogP contribution in [0.1, 0.15) is 35.6 Å². The van der Waals surface area contributed by atoms with Crippen LogP contribution in [-0.2, 0) is 34.7 Å². The fourth-order valence-corrected chi connectivity index (χ4v) is 4.93. The maximum absolute atomic E-state index is 13.3. The number of nitrogens with zero attached hydrogens (tertiary/aromatic N) is 2. The lowest BCUT2D eigenvalue weighted by Gasteiger charge is -2.31. The molecule has 3 aliphatic rings. The fourth-order valence-electron chi connectivity index (χ4n) is 4.93. The average molecular weight is 405 g/mol. The van der Waals surface area contributed by atoms with E-state index < -0.39 is 11.6 Å². The summed E-state index contributed by atoms with van der Waals surface area (Å²) < 4.78 is 12.6. The molecule has 0 radical (unpaired) electrons. The highest BCUT2D eigenvalue weighted by atomic mass is 16.6. The third-order valence-corrected chi connectivity index (χ3v) is 6.55. The van der Waals surface area contributed by atoms with Crippen LogP contribution in [0.25, 0.3) is 22.3 Å². The molecule has 2 aromatic heterocycles. The molecule has 0 unspecified atom stereocenters. The second kappa shape index (κ2) is 5.60. The van der Waals surface area contributed by atoms with Gasteiger partial charge >= 0.3 is 5.97 Å². The van der Waals surface area contributed by atoms with Crippen LogP contribution in [0.3, 0.4) is 0 Å². The smallest absolute Gasteiger partial charge is 0.343 e. The molecule has 1 aromatic carbocycles. The van der Waals surface area contributed by atoms with Crippen LogP contribution in [0.4, 0.5) is 5.69 Å². The van der Waals surface area contributed by atoms with Crippen LogP contribution in [0, 0.1) is 0 Å². The Bertz CT molecular complexity index is 1360. The highest BCUT2D eigenvalue weighted by molar-refractivity contribution is 5.97. The Morgan fingerprint density at radius 3 is 2.87 bits per heavy atom. The molecule has 3 N–H and O–H groups in total. The van der Waals surface area contributed by atoms with Crippen LogP contribution in [0.2, 0.25) is 0 Å². The van der Waals surface area contributed by atoms with Crippen molar-refractivity contribution in [3.8, 4) is 17.1 Å². The van der Waals surface area contributed by atoms with Crippen molar-refractivity contribution in [1.29, 1.82) is 0 Å². The fraction of sp³-hybridized carbons (Fsp3) is 0.318. The molecule has 30 heavy (non-hydrogen) atoms. The monoisotopic (exact) mass is 405 g/mol. The maximum Gasteiger partial charge on any atom is 0.343 e. The van der Waals surface area contributed by atoms with Crippen LogP contribution in [0.15, 0.2) is 23.0 Å². The molecule has 0 amide bonds. The second-order valence-electron chi connectivity index (χ2n) is 8.00. The summed E-state index contributed by atoms with van der Waals surface area (Å²) in [6.45, 7) is 2.44. The number of ether oxygens (including phenoxy) is 2. The Morgan fingerprint density at radius 1 is 1.23 bits per heavy atom. The lowest BCUT2D eigenvalue weighted by atomic mass is 9.86. The minimum Gasteiger partial charge on any atom is -0.490 e. The molecule has 5 heterocycles. The van der Waals surface area contributed by atoms with E-state index >= 15 is 0 Å². The van der Waals surface area contributed by atoms with Crippen LogP contribution in [0.5, 0.6) is 5.75 Å².